The van der Waals surface area contributed by atoms with Crippen LogP contribution < -0.4 is 21.5 Å². The number of nitrogens with zero attached hydrogens (tertiary/aromatic N) is 4. The van der Waals surface area contributed by atoms with E-state index in [9.17, 15) is 19.7 Å². The molecule has 0 atom stereocenters. The van der Waals surface area contributed by atoms with Crippen LogP contribution in [0.2, 0.25) is 5.02 Å². The zero-order valence-electron chi connectivity index (χ0n) is 19.4. The summed E-state index contributed by atoms with van der Waals surface area (Å²) < 4.78 is 2.62. The molecule has 1 saturated heterocycles. The van der Waals surface area contributed by atoms with Gasteiger partial charge in [0, 0.05) is 42.8 Å². The third-order valence-electron chi connectivity index (χ3n) is 6.43. The van der Waals surface area contributed by atoms with E-state index >= 15 is 0 Å². The Hall–Kier alpha value is -3.95. The van der Waals surface area contributed by atoms with Crippen molar-refractivity contribution in [3.63, 3.8) is 0 Å². The third kappa shape index (κ3) is 4.50. The van der Waals surface area contributed by atoms with Gasteiger partial charge in [-0.15, -0.1) is 0 Å². The van der Waals surface area contributed by atoms with E-state index in [1.165, 1.54) is 10.6 Å². The Morgan fingerprint density at radius 3 is 2.33 bits per heavy atom. The fourth-order valence-corrected chi connectivity index (χ4v) is 4.89. The average Bonchev–Trinajstić information content (AvgIpc) is 2.89. The maximum atomic E-state index is 13.9. The molecule has 0 unspecified atom stereocenters. The Kier molecular flexibility index (Phi) is 6.58. The molecule has 4 aromatic rings. The lowest BCUT2D eigenvalue weighted by atomic mass is 10.1. The summed E-state index contributed by atoms with van der Waals surface area (Å²) >= 11 is 6.51. The number of para-hydroxylation sites is 1. The van der Waals surface area contributed by atoms with E-state index in [4.69, 9.17) is 11.6 Å². The number of hydrogen-bond donors (Lipinski definition) is 1. The molecule has 0 amide bonds. The minimum absolute atomic E-state index is 0.142. The van der Waals surface area contributed by atoms with Gasteiger partial charge in [0.2, 0.25) is 0 Å². The van der Waals surface area contributed by atoms with Crippen LogP contribution in [-0.4, -0.2) is 40.2 Å². The number of halogens is 1. The summed E-state index contributed by atoms with van der Waals surface area (Å²) in [5.41, 5.74) is 1.06. The van der Waals surface area contributed by atoms with Crippen LogP contribution in [0.3, 0.4) is 0 Å². The molecule has 9 nitrogen and oxygen atoms in total. The van der Waals surface area contributed by atoms with Gasteiger partial charge in [0.05, 0.1) is 34.6 Å². The standard InChI is InChI=1S/C26H24ClN5O4/c27-20-14-22(29-12-10-28-11-13-29)24-23(15-20)30(16-18-6-2-1-3-7-18)26(34)31(25(24)33)17-19-8-4-5-9-21(19)32(35)36/h1-9,14-15,28H,10-13,16-17H2. The van der Waals surface area contributed by atoms with E-state index in [1.54, 1.807) is 30.3 Å². The van der Waals surface area contributed by atoms with Crippen molar-refractivity contribution in [1.29, 1.82) is 0 Å². The van der Waals surface area contributed by atoms with Gasteiger partial charge in [-0.2, -0.15) is 0 Å². The summed E-state index contributed by atoms with van der Waals surface area (Å²) in [4.78, 5) is 40.9. The Morgan fingerprint density at radius 2 is 1.61 bits per heavy atom. The molecule has 0 aliphatic carbocycles. The maximum absolute atomic E-state index is 13.9. The SMILES string of the molecule is O=c1c2c(N3CCNCC3)cc(Cl)cc2n(Cc2ccccc2)c(=O)n1Cc1ccccc1[N+](=O)[O-]. The van der Waals surface area contributed by atoms with Crippen LogP contribution >= 0.6 is 11.6 Å². The Balaban J connectivity index is 1.79. The van der Waals surface area contributed by atoms with Gasteiger partial charge in [-0.05, 0) is 17.7 Å². The van der Waals surface area contributed by atoms with Crippen molar-refractivity contribution >= 4 is 33.9 Å². The molecular weight excluding hydrogens is 482 g/mol. The van der Waals surface area contributed by atoms with Gasteiger partial charge in [-0.25, -0.2) is 4.79 Å². The number of nitro benzene ring substituents is 1. The first-order valence-corrected chi connectivity index (χ1v) is 12.0. The predicted octanol–water partition coefficient (Wildman–Crippen LogP) is 3.23. The summed E-state index contributed by atoms with van der Waals surface area (Å²) in [5.74, 6) is 0. The number of aromatic nitrogens is 2. The van der Waals surface area contributed by atoms with Gasteiger partial charge < -0.3 is 10.2 Å². The van der Waals surface area contributed by atoms with Crippen LogP contribution in [0.25, 0.3) is 10.9 Å². The number of nitro groups is 1. The predicted molar refractivity (Wildman–Crippen MR) is 140 cm³/mol. The Bertz CT molecular complexity index is 1560. The number of benzene rings is 3. The molecule has 3 aromatic carbocycles. The first kappa shape index (κ1) is 23.8. The molecule has 184 valence electrons. The first-order valence-electron chi connectivity index (χ1n) is 11.6. The molecular formula is C26H24ClN5O4. The molecule has 1 aromatic heterocycles. The molecule has 1 N–H and O–H groups in total. The highest BCUT2D eigenvalue weighted by Crippen LogP contribution is 2.29. The monoisotopic (exact) mass is 505 g/mol. The van der Waals surface area contributed by atoms with Crippen LogP contribution in [0.4, 0.5) is 11.4 Å². The number of piperazine rings is 1. The molecule has 0 spiro atoms. The van der Waals surface area contributed by atoms with Crippen molar-refractivity contribution in [3.05, 3.63) is 114 Å². The van der Waals surface area contributed by atoms with Gasteiger partial charge in [0.1, 0.15) is 0 Å². The molecule has 0 radical (unpaired) electrons. The maximum Gasteiger partial charge on any atom is 0.332 e. The molecule has 1 aliphatic heterocycles. The van der Waals surface area contributed by atoms with Gasteiger partial charge in [-0.1, -0.05) is 60.1 Å². The fourth-order valence-electron chi connectivity index (χ4n) is 4.69. The first-order chi connectivity index (χ1) is 17.4. The van der Waals surface area contributed by atoms with Gasteiger partial charge in [0.15, 0.2) is 0 Å². The van der Waals surface area contributed by atoms with E-state index < -0.39 is 16.2 Å². The lowest BCUT2D eigenvalue weighted by Crippen LogP contribution is -2.45. The molecule has 0 bridgehead atoms. The fraction of sp³-hybridized carbons (Fsp3) is 0.231. The summed E-state index contributed by atoms with van der Waals surface area (Å²) in [7, 11) is 0. The largest absolute Gasteiger partial charge is 0.368 e. The number of rotatable bonds is 6. The van der Waals surface area contributed by atoms with Crippen molar-refractivity contribution in [1.82, 2.24) is 14.5 Å². The molecule has 10 heteroatoms. The molecule has 1 aliphatic rings. The van der Waals surface area contributed by atoms with Crippen LogP contribution in [0.5, 0.6) is 0 Å². The van der Waals surface area contributed by atoms with Crippen molar-refractivity contribution in [3.8, 4) is 0 Å². The molecule has 36 heavy (non-hydrogen) atoms. The normalized spacial score (nSPS) is 13.8. The molecule has 0 saturated carbocycles. The van der Waals surface area contributed by atoms with Crippen molar-refractivity contribution in [2.45, 2.75) is 13.1 Å². The summed E-state index contributed by atoms with van der Waals surface area (Å²) in [6.07, 6.45) is 0. The highest BCUT2D eigenvalue weighted by atomic mass is 35.5. The summed E-state index contributed by atoms with van der Waals surface area (Å²) in [5, 5.41) is 15.7. The van der Waals surface area contributed by atoms with Crippen molar-refractivity contribution in [2.75, 3.05) is 31.1 Å². The Morgan fingerprint density at radius 1 is 0.917 bits per heavy atom. The van der Waals surface area contributed by atoms with Gasteiger partial charge in [0.25, 0.3) is 11.2 Å². The average molecular weight is 506 g/mol. The number of fused-ring (bicyclic) bond motifs is 1. The van der Waals surface area contributed by atoms with E-state index in [2.05, 4.69) is 10.2 Å². The van der Waals surface area contributed by atoms with Crippen molar-refractivity contribution in [2.24, 2.45) is 0 Å². The van der Waals surface area contributed by atoms with Crippen LogP contribution in [-0.2, 0) is 13.1 Å². The molecule has 1 fully saturated rings. The molecule has 2 heterocycles. The zero-order valence-corrected chi connectivity index (χ0v) is 20.1. The van der Waals surface area contributed by atoms with Crippen LogP contribution in [0, 0.1) is 10.1 Å². The second kappa shape index (κ2) is 9.96. The van der Waals surface area contributed by atoms with Gasteiger partial charge >= 0.3 is 5.69 Å². The van der Waals surface area contributed by atoms with Gasteiger partial charge in [-0.3, -0.25) is 24.0 Å². The lowest BCUT2D eigenvalue weighted by molar-refractivity contribution is -0.385. The van der Waals surface area contributed by atoms with E-state index in [-0.39, 0.29) is 24.3 Å². The van der Waals surface area contributed by atoms with E-state index in [0.717, 1.165) is 23.2 Å². The van der Waals surface area contributed by atoms with E-state index in [0.29, 0.717) is 34.7 Å². The smallest absolute Gasteiger partial charge is 0.332 e. The minimum atomic E-state index is -0.553. The lowest BCUT2D eigenvalue weighted by Gasteiger charge is -2.31. The highest BCUT2D eigenvalue weighted by molar-refractivity contribution is 6.31. The topological polar surface area (TPSA) is 102 Å². The highest BCUT2D eigenvalue weighted by Gasteiger charge is 2.23. The third-order valence-corrected chi connectivity index (χ3v) is 6.65. The van der Waals surface area contributed by atoms with Crippen molar-refractivity contribution < 1.29 is 4.92 Å². The minimum Gasteiger partial charge on any atom is -0.368 e. The quantitative estimate of drug-likeness (QED) is 0.319. The zero-order chi connectivity index (χ0) is 25.2. The number of hydrogen-bond acceptors (Lipinski definition) is 6. The molecule has 5 rings (SSSR count). The van der Waals surface area contributed by atoms with Crippen LogP contribution in [0.15, 0.2) is 76.3 Å². The Labute approximate surface area is 211 Å². The van der Waals surface area contributed by atoms with Crippen LogP contribution in [0.1, 0.15) is 11.1 Å². The summed E-state index contributed by atoms with van der Waals surface area (Å²) in [6, 6.07) is 19.0. The van der Waals surface area contributed by atoms with E-state index in [1.807, 2.05) is 30.3 Å². The number of anilines is 1. The second-order valence-corrected chi connectivity index (χ2v) is 9.12. The summed E-state index contributed by atoms with van der Waals surface area (Å²) in [6.45, 7) is 2.86. The second-order valence-electron chi connectivity index (χ2n) is 8.69. The number of nitrogens with one attached hydrogen (secondary N) is 1.